The van der Waals surface area contributed by atoms with Crippen LogP contribution in [0.2, 0.25) is 0 Å². The molecule has 0 bridgehead atoms. The topological polar surface area (TPSA) is 154 Å². The third-order valence-electron chi connectivity index (χ3n) is 5.39. The highest BCUT2D eigenvalue weighted by Crippen LogP contribution is 2.41. The number of benzene rings is 2. The molecular weight excluding hydrogens is 614 g/mol. The fourth-order valence-corrected chi connectivity index (χ4v) is 5.95. The lowest BCUT2D eigenvalue weighted by Gasteiger charge is -2.24. The molecule has 0 saturated carbocycles. The van der Waals surface area contributed by atoms with E-state index in [1.165, 1.54) is 12.3 Å². The van der Waals surface area contributed by atoms with Crippen LogP contribution in [0.15, 0.2) is 53.6 Å². The fourth-order valence-electron chi connectivity index (χ4n) is 3.54. The molecule has 0 aliphatic carbocycles. The summed E-state index contributed by atoms with van der Waals surface area (Å²) in [7, 11) is -5.69. The summed E-state index contributed by atoms with van der Waals surface area (Å²) in [6.07, 6.45) is -3.61. The first-order valence-electron chi connectivity index (χ1n) is 11.6. The Labute approximate surface area is 237 Å². The van der Waals surface area contributed by atoms with Crippen LogP contribution in [-0.4, -0.2) is 42.1 Å². The number of sulfonamides is 1. The van der Waals surface area contributed by atoms with Crippen molar-refractivity contribution in [1.82, 2.24) is 15.0 Å². The number of hydrogen-bond donors (Lipinski definition) is 2. The summed E-state index contributed by atoms with van der Waals surface area (Å²) in [5.41, 5.74) is 9.58. The maximum atomic E-state index is 16.2. The van der Waals surface area contributed by atoms with E-state index in [4.69, 9.17) is 11.5 Å². The third kappa shape index (κ3) is 6.29. The molecule has 0 atom stereocenters. The normalized spacial score (nSPS) is 11.9. The molecule has 0 amide bonds. The molecule has 10 nitrogen and oxygen atoms in total. The largest absolute Gasteiger partial charge is 0.493 e. The lowest BCUT2D eigenvalue weighted by atomic mass is 10.1. The van der Waals surface area contributed by atoms with Crippen LogP contribution in [0, 0.1) is 17.5 Å². The van der Waals surface area contributed by atoms with Gasteiger partial charge in [0.05, 0.1) is 21.3 Å². The Bertz CT molecular complexity index is 1750. The highest BCUT2D eigenvalue weighted by molar-refractivity contribution is 7.92. The van der Waals surface area contributed by atoms with E-state index in [1.54, 1.807) is 0 Å². The average Bonchev–Trinajstić information content (AvgIpc) is 3.35. The summed E-state index contributed by atoms with van der Waals surface area (Å²) in [5.74, 6) is -7.67. The number of hydrogen-bond acceptors (Lipinski definition) is 10. The first-order valence-corrected chi connectivity index (χ1v) is 13.9. The fraction of sp³-hybridized carbons (Fsp3) is 0.167. The number of nitrogens with two attached hydrogens (primary N) is 2. The van der Waals surface area contributed by atoms with Crippen LogP contribution in [0.5, 0.6) is 0 Å². The Morgan fingerprint density at radius 1 is 1.07 bits per heavy atom. The summed E-state index contributed by atoms with van der Waals surface area (Å²) in [6, 6.07) is 5.26. The van der Waals surface area contributed by atoms with Crippen LogP contribution in [0.4, 0.5) is 38.0 Å². The Kier molecular flexibility index (Phi) is 8.69. The quantitative estimate of drug-likeness (QED) is 0.202. The van der Waals surface area contributed by atoms with Gasteiger partial charge in [0, 0.05) is 18.2 Å². The van der Waals surface area contributed by atoms with Crippen molar-refractivity contribution in [3.05, 3.63) is 71.1 Å². The van der Waals surface area contributed by atoms with Crippen molar-refractivity contribution in [3.8, 4) is 21.8 Å². The van der Waals surface area contributed by atoms with Crippen LogP contribution in [-0.2, 0) is 26.1 Å². The summed E-state index contributed by atoms with van der Waals surface area (Å²) in [6.45, 7) is 0.294. The number of anilines is 2. The minimum absolute atomic E-state index is 0.124. The predicted octanol–water partition coefficient (Wildman–Crippen LogP) is 4.37. The van der Waals surface area contributed by atoms with E-state index in [2.05, 4.69) is 19.8 Å². The van der Waals surface area contributed by atoms with Gasteiger partial charge in [-0.3, -0.25) is 0 Å². The molecule has 0 aliphatic heterocycles. The Morgan fingerprint density at radius 2 is 1.81 bits per heavy atom. The smallest absolute Gasteiger partial charge is 0.368 e. The van der Waals surface area contributed by atoms with Crippen molar-refractivity contribution in [2.24, 2.45) is 5.73 Å². The number of nitrogens with zero attached hydrogens (tertiary/aromatic N) is 4. The predicted molar refractivity (Wildman–Crippen MR) is 138 cm³/mol. The van der Waals surface area contributed by atoms with Gasteiger partial charge in [0.25, 0.3) is 10.0 Å². The molecule has 0 radical (unpaired) electrons. The van der Waals surface area contributed by atoms with Gasteiger partial charge in [-0.15, -0.1) is 11.3 Å². The van der Waals surface area contributed by atoms with Crippen molar-refractivity contribution in [1.29, 1.82) is 0 Å². The number of aryl methyl sites for hydroxylation is 1. The number of alkyl halides is 3. The molecule has 0 unspecified atom stereocenters. The number of carbonyl (C=O) groups is 1. The number of rotatable bonds is 9. The van der Waals surface area contributed by atoms with Crippen molar-refractivity contribution < 1.29 is 44.4 Å². The molecule has 0 saturated heterocycles. The summed E-state index contributed by atoms with van der Waals surface area (Å²) in [4.78, 5) is 26.7. The standard InChI is InChI=1S/C24H18F6N6O4S2/c25-12-6-7-14(26)17(11-12)42(38,39)36(40-22(37)24(28,29)30)16-4-1-3-13(19(16)27)20-21(15-8-10-33-23(32)34-15)41-18(35-20)5-2-9-31/h1,3-4,6-8,10-11H,2,5,9,31H2,(H2,32,33,34). The Morgan fingerprint density at radius 3 is 2.48 bits per heavy atom. The van der Waals surface area contributed by atoms with Gasteiger partial charge in [-0.2, -0.15) is 21.6 Å². The van der Waals surface area contributed by atoms with Gasteiger partial charge in [-0.25, -0.2) is 32.9 Å². The van der Waals surface area contributed by atoms with Gasteiger partial charge in [0.2, 0.25) is 5.95 Å². The highest BCUT2D eigenvalue weighted by atomic mass is 32.2. The maximum absolute atomic E-state index is 16.2. The van der Waals surface area contributed by atoms with Crippen molar-refractivity contribution >= 4 is 39.0 Å². The molecule has 4 N–H and O–H groups in total. The molecule has 0 aliphatic rings. The molecule has 0 fully saturated rings. The minimum Gasteiger partial charge on any atom is -0.368 e. The summed E-state index contributed by atoms with van der Waals surface area (Å²) < 4.78 is 110. The van der Waals surface area contributed by atoms with Crippen LogP contribution < -0.4 is 15.9 Å². The monoisotopic (exact) mass is 632 g/mol. The van der Waals surface area contributed by atoms with Gasteiger partial charge in [-0.05, 0) is 49.4 Å². The first-order chi connectivity index (χ1) is 19.7. The van der Waals surface area contributed by atoms with E-state index in [1.807, 2.05) is 0 Å². The average molecular weight is 633 g/mol. The molecule has 2 aromatic heterocycles. The van der Waals surface area contributed by atoms with E-state index in [0.717, 1.165) is 23.5 Å². The number of carbonyl (C=O) groups excluding carboxylic acids is 1. The number of thiazole rings is 1. The van der Waals surface area contributed by atoms with Crippen LogP contribution >= 0.6 is 11.3 Å². The van der Waals surface area contributed by atoms with Gasteiger partial charge in [0.15, 0.2) is 5.82 Å². The highest BCUT2D eigenvalue weighted by Gasteiger charge is 2.46. The molecular formula is C24H18F6N6O4S2. The molecule has 2 aromatic carbocycles. The second-order valence-electron chi connectivity index (χ2n) is 8.30. The van der Waals surface area contributed by atoms with Crippen molar-refractivity contribution in [2.75, 3.05) is 16.7 Å². The zero-order chi connectivity index (χ0) is 30.8. The molecule has 42 heavy (non-hydrogen) atoms. The van der Waals surface area contributed by atoms with Crippen LogP contribution in [0.1, 0.15) is 11.4 Å². The van der Waals surface area contributed by atoms with Crippen molar-refractivity contribution in [3.63, 3.8) is 0 Å². The SMILES string of the molecule is NCCCc1nc(-c2cccc(N(OC(=O)C(F)(F)F)S(=O)(=O)c3cc(F)ccc3F)c2F)c(-c2ccnc(N)n2)s1. The minimum atomic E-state index is -5.75. The van der Waals surface area contributed by atoms with E-state index < -0.39 is 60.2 Å². The van der Waals surface area contributed by atoms with Gasteiger partial charge < -0.3 is 16.3 Å². The second-order valence-corrected chi connectivity index (χ2v) is 11.1. The van der Waals surface area contributed by atoms with E-state index in [9.17, 15) is 35.2 Å². The molecule has 4 aromatic rings. The Hall–Kier alpha value is -4.29. The lowest BCUT2D eigenvalue weighted by Crippen LogP contribution is -2.39. The maximum Gasteiger partial charge on any atom is 0.493 e. The number of halogens is 6. The third-order valence-corrected chi connectivity index (χ3v) is 8.10. The zero-order valence-electron chi connectivity index (χ0n) is 20.9. The van der Waals surface area contributed by atoms with Crippen LogP contribution in [0.25, 0.3) is 21.8 Å². The van der Waals surface area contributed by atoms with Gasteiger partial charge in [-0.1, -0.05) is 10.5 Å². The zero-order valence-corrected chi connectivity index (χ0v) is 22.5. The van der Waals surface area contributed by atoms with Gasteiger partial charge in [0.1, 0.15) is 22.2 Å². The number of nitrogen functional groups attached to an aromatic ring is 1. The van der Waals surface area contributed by atoms with E-state index in [-0.39, 0.29) is 28.3 Å². The molecule has 18 heteroatoms. The molecule has 222 valence electrons. The first kappa shape index (κ1) is 30.7. The van der Waals surface area contributed by atoms with Crippen LogP contribution in [0.3, 0.4) is 0 Å². The second kappa shape index (κ2) is 11.9. The number of aromatic nitrogens is 3. The molecule has 0 spiro atoms. The van der Waals surface area contributed by atoms with E-state index >= 15 is 4.39 Å². The Balaban J connectivity index is 1.94. The molecule has 2 heterocycles. The molecule has 4 rings (SSSR count). The van der Waals surface area contributed by atoms with Crippen molar-refractivity contribution in [2.45, 2.75) is 23.9 Å². The summed E-state index contributed by atoms with van der Waals surface area (Å²) >= 11 is 1.06. The van der Waals surface area contributed by atoms with E-state index in [0.29, 0.717) is 42.6 Å². The lowest BCUT2D eigenvalue weighted by molar-refractivity contribution is -0.199. The summed E-state index contributed by atoms with van der Waals surface area (Å²) in [5, 5.41) is 0.447. The van der Waals surface area contributed by atoms with Gasteiger partial charge >= 0.3 is 12.1 Å².